The van der Waals surface area contributed by atoms with E-state index < -0.39 is 11.9 Å². The van der Waals surface area contributed by atoms with E-state index >= 15 is 0 Å². The van der Waals surface area contributed by atoms with Crippen LogP contribution in [0.2, 0.25) is 0 Å². The van der Waals surface area contributed by atoms with Gasteiger partial charge in [-0.25, -0.2) is 9.59 Å². The van der Waals surface area contributed by atoms with Crippen LogP contribution in [0.1, 0.15) is 26.7 Å². The molecule has 0 amide bonds. The first-order valence-electron chi connectivity index (χ1n) is 4.78. The van der Waals surface area contributed by atoms with E-state index in [9.17, 15) is 9.59 Å². The SMILES string of the molecule is C=C(CC)C(=O)O.CC(=CCCO)C(=O)O. The predicted octanol–water partition coefficient (Wildman–Crippen LogP) is 1.44. The van der Waals surface area contributed by atoms with Crippen molar-refractivity contribution in [3.63, 3.8) is 0 Å². The molecule has 0 unspecified atom stereocenters. The van der Waals surface area contributed by atoms with Gasteiger partial charge in [0, 0.05) is 17.8 Å². The number of aliphatic hydroxyl groups is 1. The maximum Gasteiger partial charge on any atom is 0.330 e. The lowest BCUT2D eigenvalue weighted by Gasteiger charge is -1.89. The van der Waals surface area contributed by atoms with Crippen LogP contribution in [0.4, 0.5) is 0 Å². The molecule has 0 radical (unpaired) electrons. The van der Waals surface area contributed by atoms with Crippen molar-refractivity contribution in [3.8, 4) is 0 Å². The molecule has 0 aliphatic carbocycles. The van der Waals surface area contributed by atoms with E-state index in [-0.39, 0.29) is 17.8 Å². The Kier molecular flexibility index (Phi) is 10.4. The lowest BCUT2D eigenvalue weighted by Crippen LogP contribution is -1.95. The third kappa shape index (κ3) is 10.5. The van der Waals surface area contributed by atoms with E-state index in [1.54, 1.807) is 6.92 Å². The summed E-state index contributed by atoms with van der Waals surface area (Å²) in [5.74, 6) is -1.83. The maximum absolute atomic E-state index is 10.1. The van der Waals surface area contributed by atoms with Gasteiger partial charge in [0.15, 0.2) is 0 Å². The summed E-state index contributed by atoms with van der Waals surface area (Å²) in [7, 11) is 0. The molecule has 16 heavy (non-hydrogen) atoms. The predicted molar refractivity (Wildman–Crippen MR) is 60.2 cm³/mol. The Morgan fingerprint density at radius 1 is 1.25 bits per heavy atom. The standard InChI is InChI=1S/C6H10O3.C5H8O2/c1-5(6(8)9)3-2-4-7;1-3-4(2)5(6)7/h3,7H,2,4H2,1H3,(H,8,9);2-3H2,1H3,(H,6,7). The summed E-state index contributed by atoms with van der Waals surface area (Å²) in [6.45, 7) is 6.54. The third-order valence-corrected chi connectivity index (χ3v) is 1.65. The van der Waals surface area contributed by atoms with Gasteiger partial charge in [0.05, 0.1) is 0 Å². The summed E-state index contributed by atoms with van der Waals surface area (Å²) in [5, 5.41) is 24.6. The number of carboxylic acid groups (broad SMARTS) is 2. The van der Waals surface area contributed by atoms with Crippen LogP contribution in [0.25, 0.3) is 0 Å². The smallest absolute Gasteiger partial charge is 0.330 e. The molecule has 3 N–H and O–H groups in total. The minimum atomic E-state index is -0.927. The van der Waals surface area contributed by atoms with Crippen molar-refractivity contribution in [1.82, 2.24) is 0 Å². The Morgan fingerprint density at radius 2 is 1.75 bits per heavy atom. The Balaban J connectivity index is 0. The van der Waals surface area contributed by atoms with Crippen molar-refractivity contribution in [3.05, 3.63) is 23.8 Å². The van der Waals surface area contributed by atoms with Crippen molar-refractivity contribution in [2.24, 2.45) is 0 Å². The van der Waals surface area contributed by atoms with Crippen LogP contribution in [0.5, 0.6) is 0 Å². The number of aliphatic hydroxyl groups excluding tert-OH is 1. The molecule has 0 aromatic carbocycles. The van der Waals surface area contributed by atoms with Crippen LogP contribution in [0.15, 0.2) is 23.8 Å². The molecule has 0 rings (SSSR count). The van der Waals surface area contributed by atoms with Crippen LogP contribution < -0.4 is 0 Å². The fraction of sp³-hybridized carbons (Fsp3) is 0.455. The van der Waals surface area contributed by atoms with Crippen molar-refractivity contribution < 1.29 is 24.9 Å². The van der Waals surface area contributed by atoms with E-state index in [0.29, 0.717) is 12.8 Å². The quantitative estimate of drug-likeness (QED) is 0.621. The van der Waals surface area contributed by atoms with E-state index in [2.05, 4.69) is 6.58 Å². The Morgan fingerprint density at radius 3 is 1.94 bits per heavy atom. The zero-order valence-electron chi connectivity index (χ0n) is 9.56. The van der Waals surface area contributed by atoms with Crippen LogP contribution in [-0.4, -0.2) is 33.9 Å². The van der Waals surface area contributed by atoms with Gasteiger partial charge in [0.25, 0.3) is 0 Å². The van der Waals surface area contributed by atoms with Gasteiger partial charge >= 0.3 is 11.9 Å². The van der Waals surface area contributed by atoms with Gasteiger partial charge in [-0.1, -0.05) is 19.6 Å². The molecule has 0 atom stereocenters. The number of hydrogen-bond acceptors (Lipinski definition) is 3. The second-order valence-corrected chi connectivity index (χ2v) is 2.97. The van der Waals surface area contributed by atoms with Crippen LogP contribution in [0.3, 0.4) is 0 Å². The first-order valence-corrected chi connectivity index (χ1v) is 4.78. The average molecular weight is 230 g/mol. The van der Waals surface area contributed by atoms with E-state index in [1.807, 2.05) is 0 Å². The summed E-state index contributed by atoms with van der Waals surface area (Å²) in [6.07, 6.45) is 2.43. The van der Waals surface area contributed by atoms with Crippen molar-refractivity contribution in [2.45, 2.75) is 26.7 Å². The summed E-state index contributed by atoms with van der Waals surface area (Å²) in [6, 6.07) is 0. The molecule has 0 spiro atoms. The number of carbonyl (C=O) groups is 2. The van der Waals surface area contributed by atoms with Gasteiger partial charge in [0.1, 0.15) is 0 Å². The summed E-state index contributed by atoms with van der Waals surface area (Å²) >= 11 is 0. The highest BCUT2D eigenvalue weighted by Gasteiger charge is 1.96. The second kappa shape index (κ2) is 9.92. The van der Waals surface area contributed by atoms with Crippen molar-refractivity contribution in [2.75, 3.05) is 6.61 Å². The van der Waals surface area contributed by atoms with Gasteiger partial charge in [-0.15, -0.1) is 0 Å². The molecule has 0 aromatic rings. The summed E-state index contributed by atoms with van der Waals surface area (Å²) in [4.78, 5) is 19.9. The molecule has 92 valence electrons. The molecule has 5 heteroatoms. The minimum absolute atomic E-state index is 0.00458. The first kappa shape index (κ1) is 16.8. The fourth-order valence-electron chi connectivity index (χ4n) is 0.520. The zero-order chi connectivity index (χ0) is 13.1. The molecule has 0 aliphatic heterocycles. The number of aliphatic carboxylic acids is 2. The number of carboxylic acids is 2. The minimum Gasteiger partial charge on any atom is -0.478 e. The molecule has 0 saturated carbocycles. The van der Waals surface area contributed by atoms with Crippen LogP contribution in [-0.2, 0) is 9.59 Å². The van der Waals surface area contributed by atoms with Gasteiger partial charge < -0.3 is 15.3 Å². The molecular formula is C11H18O5. The van der Waals surface area contributed by atoms with Gasteiger partial charge in [-0.2, -0.15) is 0 Å². The fourth-order valence-corrected chi connectivity index (χ4v) is 0.520. The lowest BCUT2D eigenvalue weighted by atomic mass is 10.2. The largest absolute Gasteiger partial charge is 0.478 e. The average Bonchev–Trinajstić information content (AvgIpc) is 2.25. The summed E-state index contributed by atoms with van der Waals surface area (Å²) < 4.78 is 0. The van der Waals surface area contributed by atoms with Gasteiger partial charge in [0.2, 0.25) is 0 Å². The zero-order valence-corrected chi connectivity index (χ0v) is 9.56. The maximum atomic E-state index is 10.1. The van der Waals surface area contributed by atoms with Crippen molar-refractivity contribution in [1.29, 1.82) is 0 Å². The molecule has 0 fully saturated rings. The molecular weight excluding hydrogens is 212 g/mol. The monoisotopic (exact) mass is 230 g/mol. The Labute approximate surface area is 94.7 Å². The van der Waals surface area contributed by atoms with E-state index in [0.717, 1.165) is 0 Å². The molecule has 5 nitrogen and oxygen atoms in total. The highest BCUT2D eigenvalue weighted by molar-refractivity contribution is 5.85. The third-order valence-electron chi connectivity index (χ3n) is 1.65. The van der Waals surface area contributed by atoms with Gasteiger partial charge in [-0.05, 0) is 19.8 Å². The highest BCUT2D eigenvalue weighted by atomic mass is 16.4. The summed E-state index contributed by atoms with van der Waals surface area (Å²) in [5.41, 5.74) is 0.545. The molecule has 0 saturated heterocycles. The molecule has 0 aliphatic rings. The van der Waals surface area contributed by atoms with Crippen LogP contribution in [0, 0.1) is 0 Å². The normalized spacial score (nSPS) is 10.1. The molecule has 0 aromatic heterocycles. The number of hydrogen-bond donors (Lipinski definition) is 3. The van der Waals surface area contributed by atoms with Crippen LogP contribution >= 0.6 is 0 Å². The molecule has 0 heterocycles. The van der Waals surface area contributed by atoms with Crippen molar-refractivity contribution >= 4 is 11.9 Å². The second-order valence-electron chi connectivity index (χ2n) is 2.97. The number of rotatable bonds is 5. The molecule has 0 bridgehead atoms. The Bertz CT molecular complexity index is 278. The van der Waals surface area contributed by atoms with E-state index in [1.165, 1.54) is 13.0 Å². The van der Waals surface area contributed by atoms with E-state index in [4.69, 9.17) is 15.3 Å². The Hall–Kier alpha value is -1.62. The van der Waals surface area contributed by atoms with Gasteiger partial charge in [-0.3, -0.25) is 0 Å². The topological polar surface area (TPSA) is 94.8 Å². The lowest BCUT2D eigenvalue weighted by molar-refractivity contribution is -0.133. The highest BCUT2D eigenvalue weighted by Crippen LogP contribution is 1.93. The first-order chi connectivity index (χ1) is 7.36.